The Kier molecular flexibility index (Phi) is 6.11. The van der Waals surface area contributed by atoms with Crippen LogP contribution in [0.1, 0.15) is 55.5 Å². The van der Waals surface area contributed by atoms with Crippen molar-refractivity contribution in [3.05, 3.63) is 59.7 Å². The van der Waals surface area contributed by atoms with Crippen LogP contribution >= 0.6 is 0 Å². The smallest absolute Gasteiger partial charge is 0.334 e. The van der Waals surface area contributed by atoms with Crippen LogP contribution in [-0.4, -0.2) is 46.9 Å². The standard InChI is InChI=1S/C25H29F3N2O/c1-17-5-6-18(2)30(17)16-23-4-3-15-29(23)24(31)21-9-7-19(8-10-21)20-11-13-22(14-12-20)25(26,27)28/h7-14,17-18,23H,3-6,15-16H2,1-2H3/t17-,18-,23?/m1/s1. The van der Waals surface area contributed by atoms with Crippen LogP contribution < -0.4 is 0 Å². The number of rotatable bonds is 4. The molecule has 4 rings (SSSR count). The summed E-state index contributed by atoms with van der Waals surface area (Å²) in [4.78, 5) is 17.7. The van der Waals surface area contributed by atoms with Gasteiger partial charge in [-0.2, -0.15) is 13.2 Å². The van der Waals surface area contributed by atoms with Gasteiger partial charge in [0.05, 0.1) is 5.56 Å². The molecule has 0 bridgehead atoms. The number of likely N-dealkylation sites (tertiary alicyclic amines) is 2. The second-order valence-electron chi connectivity index (χ2n) is 8.92. The third kappa shape index (κ3) is 4.64. The number of halogens is 3. The van der Waals surface area contributed by atoms with Gasteiger partial charge in [0.15, 0.2) is 0 Å². The molecule has 0 aliphatic carbocycles. The Morgan fingerprint density at radius 1 is 0.903 bits per heavy atom. The van der Waals surface area contributed by atoms with E-state index in [0.717, 1.165) is 43.6 Å². The molecule has 0 spiro atoms. The summed E-state index contributed by atoms with van der Waals surface area (Å²) in [5.74, 6) is 0.0426. The van der Waals surface area contributed by atoms with Crippen LogP contribution in [0.25, 0.3) is 11.1 Å². The summed E-state index contributed by atoms with van der Waals surface area (Å²) in [6.45, 7) is 6.24. The maximum Gasteiger partial charge on any atom is 0.416 e. The highest BCUT2D eigenvalue weighted by Gasteiger charge is 2.35. The van der Waals surface area contributed by atoms with Crippen molar-refractivity contribution in [1.29, 1.82) is 0 Å². The number of benzene rings is 2. The second kappa shape index (κ2) is 8.65. The first-order chi connectivity index (χ1) is 14.7. The van der Waals surface area contributed by atoms with Gasteiger partial charge >= 0.3 is 6.18 Å². The van der Waals surface area contributed by atoms with E-state index in [1.54, 1.807) is 12.1 Å². The number of carbonyl (C=O) groups is 1. The Morgan fingerprint density at radius 2 is 1.45 bits per heavy atom. The average Bonchev–Trinajstić information content (AvgIpc) is 3.35. The van der Waals surface area contributed by atoms with E-state index in [4.69, 9.17) is 0 Å². The zero-order chi connectivity index (χ0) is 22.2. The normalized spacial score (nSPS) is 24.7. The quantitative estimate of drug-likeness (QED) is 0.608. The molecule has 0 saturated carbocycles. The molecular formula is C25H29F3N2O. The lowest BCUT2D eigenvalue weighted by atomic mass is 10.0. The van der Waals surface area contributed by atoms with E-state index in [1.807, 2.05) is 17.0 Å². The largest absolute Gasteiger partial charge is 0.416 e. The van der Waals surface area contributed by atoms with Crippen LogP contribution in [0.15, 0.2) is 48.5 Å². The molecule has 0 aromatic heterocycles. The molecule has 2 aromatic carbocycles. The van der Waals surface area contributed by atoms with Crippen molar-refractivity contribution in [2.45, 2.75) is 63.8 Å². The molecule has 2 fully saturated rings. The monoisotopic (exact) mass is 430 g/mol. The van der Waals surface area contributed by atoms with Crippen LogP contribution in [0, 0.1) is 0 Å². The fraction of sp³-hybridized carbons (Fsp3) is 0.480. The Hall–Kier alpha value is -2.34. The summed E-state index contributed by atoms with van der Waals surface area (Å²) < 4.78 is 38.3. The third-order valence-corrected chi connectivity index (χ3v) is 6.87. The molecule has 0 N–H and O–H groups in total. The predicted molar refractivity (Wildman–Crippen MR) is 116 cm³/mol. The minimum atomic E-state index is -4.34. The Morgan fingerprint density at radius 3 is 2.00 bits per heavy atom. The fourth-order valence-electron chi connectivity index (χ4n) is 4.97. The molecule has 3 nitrogen and oxygen atoms in total. The van der Waals surface area contributed by atoms with Gasteiger partial charge in [-0.05, 0) is 74.9 Å². The van der Waals surface area contributed by atoms with Crippen molar-refractivity contribution in [1.82, 2.24) is 9.80 Å². The van der Waals surface area contributed by atoms with Gasteiger partial charge in [-0.25, -0.2) is 0 Å². The lowest BCUT2D eigenvalue weighted by Gasteiger charge is -2.33. The van der Waals surface area contributed by atoms with E-state index in [-0.39, 0.29) is 11.9 Å². The summed E-state index contributed by atoms with van der Waals surface area (Å²) in [6.07, 6.45) is 0.147. The van der Waals surface area contributed by atoms with Gasteiger partial charge in [0, 0.05) is 36.8 Å². The van der Waals surface area contributed by atoms with E-state index in [9.17, 15) is 18.0 Å². The predicted octanol–water partition coefficient (Wildman–Crippen LogP) is 5.85. The van der Waals surface area contributed by atoms with E-state index >= 15 is 0 Å². The van der Waals surface area contributed by atoms with E-state index in [1.165, 1.54) is 25.0 Å². The highest BCUT2D eigenvalue weighted by Crippen LogP contribution is 2.32. The maximum atomic E-state index is 13.2. The van der Waals surface area contributed by atoms with Crippen LogP contribution in [0.3, 0.4) is 0 Å². The molecule has 6 heteroatoms. The fourth-order valence-corrected chi connectivity index (χ4v) is 4.97. The SMILES string of the molecule is C[C@@H]1CC[C@@H](C)N1CC1CCCN1C(=O)c1ccc(-c2ccc(C(F)(F)F)cc2)cc1. The Labute approximate surface area is 181 Å². The van der Waals surface area contributed by atoms with E-state index in [2.05, 4.69) is 18.7 Å². The maximum absolute atomic E-state index is 13.2. The lowest BCUT2D eigenvalue weighted by Crippen LogP contribution is -2.46. The van der Waals surface area contributed by atoms with Crippen LogP contribution in [0.4, 0.5) is 13.2 Å². The molecular weight excluding hydrogens is 401 g/mol. The van der Waals surface area contributed by atoms with Crippen molar-refractivity contribution in [2.24, 2.45) is 0 Å². The number of nitrogens with zero attached hydrogens (tertiary/aromatic N) is 2. The zero-order valence-electron chi connectivity index (χ0n) is 18.0. The van der Waals surface area contributed by atoms with Gasteiger partial charge in [0.2, 0.25) is 0 Å². The first-order valence-corrected chi connectivity index (χ1v) is 11.1. The van der Waals surface area contributed by atoms with Gasteiger partial charge in [-0.3, -0.25) is 9.69 Å². The molecule has 0 radical (unpaired) electrons. The highest BCUT2D eigenvalue weighted by molar-refractivity contribution is 5.95. The average molecular weight is 431 g/mol. The van der Waals surface area contributed by atoms with Crippen molar-refractivity contribution < 1.29 is 18.0 Å². The van der Waals surface area contributed by atoms with Crippen molar-refractivity contribution in [3.8, 4) is 11.1 Å². The first-order valence-electron chi connectivity index (χ1n) is 11.1. The van der Waals surface area contributed by atoms with Gasteiger partial charge in [-0.1, -0.05) is 24.3 Å². The molecule has 1 unspecified atom stereocenters. The minimum absolute atomic E-state index is 0.0426. The second-order valence-corrected chi connectivity index (χ2v) is 8.92. The summed E-state index contributed by atoms with van der Waals surface area (Å²) in [5.41, 5.74) is 1.46. The Bertz CT molecular complexity index is 898. The number of carbonyl (C=O) groups excluding carboxylic acids is 1. The minimum Gasteiger partial charge on any atom is -0.334 e. The summed E-state index contributed by atoms with van der Waals surface area (Å²) in [7, 11) is 0. The van der Waals surface area contributed by atoms with Gasteiger partial charge in [-0.15, -0.1) is 0 Å². The number of hydrogen-bond donors (Lipinski definition) is 0. The van der Waals surface area contributed by atoms with Crippen LogP contribution in [-0.2, 0) is 6.18 Å². The van der Waals surface area contributed by atoms with Gasteiger partial charge in [0.25, 0.3) is 5.91 Å². The molecule has 31 heavy (non-hydrogen) atoms. The molecule has 166 valence electrons. The molecule has 2 aromatic rings. The number of hydrogen-bond acceptors (Lipinski definition) is 2. The zero-order valence-corrected chi connectivity index (χ0v) is 18.0. The van der Waals surface area contributed by atoms with Crippen molar-refractivity contribution >= 4 is 5.91 Å². The summed E-state index contributed by atoms with van der Waals surface area (Å²) in [5, 5.41) is 0. The molecule has 1 amide bonds. The first kappa shape index (κ1) is 21.9. The molecule has 2 aliphatic rings. The third-order valence-electron chi connectivity index (χ3n) is 6.87. The van der Waals surface area contributed by atoms with Gasteiger partial charge < -0.3 is 4.90 Å². The molecule has 3 atom stereocenters. The number of alkyl halides is 3. The lowest BCUT2D eigenvalue weighted by molar-refractivity contribution is -0.137. The Balaban J connectivity index is 1.45. The van der Waals surface area contributed by atoms with Crippen LogP contribution in [0.5, 0.6) is 0 Å². The molecule has 2 heterocycles. The van der Waals surface area contributed by atoms with E-state index < -0.39 is 11.7 Å². The van der Waals surface area contributed by atoms with Gasteiger partial charge in [0.1, 0.15) is 0 Å². The topological polar surface area (TPSA) is 23.6 Å². The summed E-state index contributed by atoms with van der Waals surface area (Å²) >= 11 is 0. The summed E-state index contributed by atoms with van der Waals surface area (Å²) in [6, 6.07) is 13.7. The van der Waals surface area contributed by atoms with E-state index in [0.29, 0.717) is 23.2 Å². The van der Waals surface area contributed by atoms with Crippen molar-refractivity contribution in [3.63, 3.8) is 0 Å². The number of amides is 1. The molecule has 2 aliphatic heterocycles. The highest BCUT2D eigenvalue weighted by atomic mass is 19.4. The molecule has 2 saturated heterocycles. The van der Waals surface area contributed by atoms with Crippen LogP contribution in [0.2, 0.25) is 0 Å². The van der Waals surface area contributed by atoms with Crippen molar-refractivity contribution in [2.75, 3.05) is 13.1 Å².